The highest BCUT2D eigenvalue weighted by molar-refractivity contribution is 7.71. The molecule has 0 aliphatic carbocycles. The standard InChI is InChI=1S/C32H38F3N4O5P/c1-20-31(2,3)23-18-29(25(19-26(23)38(20)4)36-30(40)21-11-12-27(42-5)28(17-21)43-6)45(41,39-13-15-44-16-14-39)37-24-10-8-7-9-22(24)32(33,34)35/h7-12,17-20H,13-16H2,1-6H3,(H,36,40)(H,37,41). The molecule has 1 fully saturated rings. The van der Waals surface area contributed by atoms with E-state index in [1.165, 1.54) is 38.5 Å². The number of morpholine rings is 1. The van der Waals surface area contributed by atoms with E-state index in [-0.39, 0.29) is 54.6 Å². The number of methoxy groups -OCH3 is 2. The number of fused-ring (bicyclic) bond motifs is 1. The molecule has 0 saturated carbocycles. The Morgan fingerprint density at radius 3 is 2.31 bits per heavy atom. The molecule has 242 valence electrons. The van der Waals surface area contributed by atoms with E-state index >= 15 is 4.57 Å². The van der Waals surface area contributed by atoms with Crippen molar-refractivity contribution in [2.45, 2.75) is 38.4 Å². The lowest BCUT2D eigenvalue weighted by Gasteiger charge is -2.37. The van der Waals surface area contributed by atoms with Gasteiger partial charge in [-0.2, -0.15) is 13.2 Å². The number of benzene rings is 3. The van der Waals surface area contributed by atoms with E-state index in [1.54, 1.807) is 28.9 Å². The van der Waals surface area contributed by atoms with Crippen LogP contribution in [-0.2, 0) is 20.9 Å². The molecule has 1 amide bonds. The van der Waals surface area contributed by atoms with E-state index in [0.29, 0.717) is 11.5 Å². The Balaban J connectivity index is 1.71. The van der Waals surface area contributed by atoms with Gasteiger partial charge in [0.05, 0.1) is 49.7 Å². The fraction of sp³-hybridized carbons (Fsp3) is 0.406. The van der Waals surface area contributed by atoms with Gasteiger partial charge < -0.3 is 29.5 Å². The molecular formula is C32H38F3N4O5P. The smallest absolute Gasteiger partial charge is 0.418 e. The van der Waals surface area contributed by atoms with Crippen molar-refractivity contribution >= 4 is 35.7 Å². The van der Waals surface area contributed by atoms with Crippen molar-refractivity contribution in [3.63, 3.8) is 0 Å². The number of likely N-dealkylation sites (N-methyl/N-ethyl adjacent to an activating group) is 1. The van der Waals surface area contributed by atoms with Crippen LogP contribution < -0.4 is 30.1 Å². The summed E-state index contributed by atoms with van der Waals surface area (Å²) in [5.74, 6) is 0.267. The second-order valence-corrected chi connectivity index (χ2v) is 14.1. The minimum Gasteiger partial charge on any atom is -0.493 e. The van der Waals surface area contributed by atoms with Crippen LogP contribution in [0.2, 0.25) is 0 Å². The van der Waals surface area contributed by atoms with Crippen LogP contribution in [0.25, 0.3) is 0 Å². The molecule has 0 spiro atoms. The fourth-order valence-electron chi connectivity index (χ4n) is 5.94. The number of para-hydroxylation sites is 1. The van der Waals surface area contributed by atoms with Crippen molar-refractivity contribution in [3.05, 3.63) is 71.3 Å². The first kappa shape index (κ1) is 32.7. The average molecular weight is 647 g/mol. The first-order valence-corrected chi connectivity index (χ1v) is 16.2. The normalized spacial score (nSPS) is 19.4. The third-order valence-corrected chi connectivity index (χ3v) is 11.7. The summed E-state index contributed by atoms with van der Waals surface area (Å²) >= 11 is 0. The Morgan fingerprint density at radius 2 is 1.67 bits per heavy atom. The zero-order valence-corrected chi connectivity index (χ0v) is 27.0. The summed E-state index contributed by atoms with van der Waals surface area (Å²) in [5, 5.41) is 5.98. The number of rotatable bonds is 8. The molecule has 2 N–H and O–H groups in total. The number of anilines is 3. The topological polar surface area (TPSA) is 92.4 Å². The lowest BCUT2D eigenvalue weighted by molar-refractivity contribution is -0.136. The Hall–Kier alpha value is -3.73. The summed E-state index contributed by atoms with van der Waals surface area (Å²) in [7, 11) is 0.805. The number of alkyl halides is 3. The summed E-state index contributed by atoms with van der Waals surface area (Å²) < 4.78 is 75.8. The molecule has 0 aromatic heterocycles. The van der Waals surface area contributed by atoms with Gasteiger partial charge in [0, 0.05) is 42.8 Å². The minimum atomic E-state index is -4.69. The van der Waals surface area contributed by atoms with Crippen molar-refractivity contribution < 1.29 is 36.7 Å². The number of carbonyl (C=O) groups excluding carboxylic acids is 1. The summed E-state index contributed by atoms with van der Waals surface area (Å²) in [4.78, 5) is 15.8. The summed E-state index contributed by atoms with van der Waals surface area (Å²) in [6, 6.07) is 13.2. The van der Waals surface area contributed by atoms with E-state index in [0.717, 1.165) is 17.3 Å². The molecule has 2 aliphatic heterocycles. The third-order valence-electron chi connectivity index (χ3n) is 8.92. The predicted octanol–water partition coefficient (Wildman–Crippen LogP) is 6.35. The molecule has 13 heteroatoms. The quantitative estimate of drug-likeness (QED) is 0.274. The van der Waals surface area contributed by atoms with Gasteiger partial charge in [0.25, 0.3) is 13.4 Å². The van der Waals surface area contributed by atoms with Crippen molar-refractivity contribution in [3.8, 4) is 11.5 Å². The molecule has 45 heavy (non-hydrogen) atoms. The average Bonchev–Trinajstić information content (AvgIpc) is 3.19. The molecule has 2 unspecified atom stereocenters. The Labute approximate surface area is 261 Å². The zero-order chi connectivity index (χ0) is 32.7. The van der Waals surface area contributed by atoms with Gasteiger partial charge in [0.1, 0.15) is 0 Å². The largest absolute Gasteiger partial charge is 0.493 e. The molecule has 0 bridgehead atoms. The van der Waals surface area contributed by atoms with Gasteiger partial charge in [-0.25, -0.2) is 4.67 Å². The van der Waals surface area contributed by atoms with Crippen molar-refractivity contribution in [2.75, 3.05) is 62.9 Å². The maximum Gasteiger partial charge on any atom is 0.418 e. The van der Waals surface area contributed by atoms with Gasteiger partial charge in [0.2, 0.25) is 0 Å². The molecule has 1 saturated heterocycles. The monoisotopic (exact) mass is 646 g/mol. The van der Waals surface area contributed by atoms with Gasteiger partial charge in [-0.15, -0.1) is 0 Å². The van der Waals surface area contributed by atoms with Crippen LogP contribution in [0.15, 0.2) is 54.6 Å². The number of halogens is 3. The third kappa shape index (κ3) is 5.98. The lowest BCUT2D eigenvalue weighted by atomic mass is 9.81. The van der Waals surface area contributed by atoms with Crippen LogP contribution in [0, 0.1) is 0 Å². The molecule has 2 heterocycles. The number of amides is 1. The zero-order valence-electron chi connectivity index (χ0n) is 26.1. The SMILES string of the molecule is COc1ccc(C(=O)Nc2cc3c(cc2P(=O)(Nc2ccccc2C(F)(F)F)N2CCOCC2)C(C)(C)C(C)N3C)cc1OC. The van der Waals surface area contributed by atoms with Crippen LogP contribution in [-0.4, -0.2) is 64.2 Å². The first-order chi connectivity index (χ1) is 21.2. The highest BCUT2D eigenvalue weighted by atomic mass is 31.2. The second kappa shape index (κ2) is 12.2. The number of ether oxygens (including phenoxy) is 3. The number of nitrogens with one attached hydrogen (secondary N) is 2. The molecule has 2 aliphatic rings. The van der Waals surface area contributed by atoms with Crippen LogP contribution >= 0.6 is 7.44 Å². The fourth-order valence-corrected chi connectivity index (χ4v) is 8.50. The van der Waals surface area contributed by atoms with Gasteiger partial charge in [-0.05, 0) is 55.0 Å². The van der Waals surface area contributed by atoms with Gasteiger partial charge >= 0.3 is 6.18 Å². The highest BCUT2D eigenvalue weighted by Crippen LogP contribution is 2.55. The summed E-state index contributed by atoms with van der Waals surface area (Å²) in [6.45, 7) is 7.11. The Kier molecular flexibility index (Phi) is 8.87. The van der Waals surface area contributed by atoms with Gasteiger partial charge in [0.15, 0.2) is 11.5 Å². The number of hydrogen-bond donors (Lipinski definition) is 2. The highest BCUT2D eigenvalue weighted by Gasteiger charge is 2.45. The molecule has 0 radical (unpaired) electrons. The predicted molar refractivity (Wildman–Crippen MR) is 170 cm³/mol. The summed E-state index contributed by atoms with van der Waals surface area (Å²) in [6.07, 6.45) is -4.69. The first-order valence-electron chi connectivity index (χ1n) is 14.6. The lowest BCUT2D eigenvalue weighted by Crippen LogP contribution is -2.40. The molecule has 2 atom stereocenters. The number of hydrogen-bond acceptors (Lipinski definition) is 6. The number of nitrogens with zero attached hydrogens (tertiary/aromatic N) is 2. The maximum atomic E-state index is 15.5. The molecular weight excluding hydrogens is 608 g/mol. The maximum absolute atomic E-state index is 15.5. The molecule has 3 aromatic rings. The minimum absolute atomic E-state index is 0.0406. The van der Waals surface area contributed by atoms with E-state index < -0.39 is 30.5 Å². The Morgan fingerprint density at radius 1 is 1.00 bits per heavy atom. The van der Waals surface area contributed by atoms with E-state index in [4.69, 9.17) is 14.2 Å². The van der Waals surface area contributed by atoms with E-state index in [1.807, 2.05) is 7.05 Å². The van der Waals surface area contributed by atoms with Gasteiger partial charge in [-0.3, -0.25) is 9.36 Å². The van der Waals surface area contributed by atoms with Crippen LogP contribution in [0.5, 0.6) is 11.5 Å². The van der Waals surface area contributed by atoms with Crippen LogP contribution in [0.4, 0.5) is 30.2 Å². The molecule has 5 rings (SSSR count). The van der Waals surface area contributed by atoms with Crippen molar-refractivity contribution in [1.82, 2.24) is 4.67 Å². The van der Waals surface area contributed by atoms with Crippen molar-refractivity contribution in [1.29, 1.82) is 0 Å². The molecule has 3 aromatic carbocycles. The van der Waals surface area contributed by atoms with Crippen molar-refractivity contribution in [2.24, 2.45) is 0 Å². The second-order valence-electron chi connectivity index (χ2n) is 11.7. The van der Waals surface area contributed by atoms with Crippen LogP contribution in [0.1, 0.15) is 42.3 Å². The number of carbonyl (C=O) groups is 1. The Bertz CT molecular complexity index is 1640. The molecule has 9 nitrogen and oxygen atoms in total. The van der Waals surface area contributed by atoms with E-state index in [9.17, 15) is 18.0 Å². The summed E-state index contributed by atoms with van der Waals surface area (Å²) in [5.41, 5.74) is 0.505. The van der Waals surface area contributed by atoms with E-state index in [2.05, 4.69) is 36.1 Å². The van der Waals surface area contributed by atoms with Crippen LogP contribution in [0.3, 0.4) is 0 Å². The van der Waals surface area contributed by atoms with Gasteiger partial charge in [-0.1, -0.05) is 26.0 Å².